The second-order valence-electron chi connectivity index (χ2n) is 19.6. The number of aryl methyl sites for hydroxylation is 1. The molecule has 2 bridgehead atoms. The van der Waals surface area contributed by atoms with Crippen LogP contribution in [0.2, 0.25) is 0 Å². The van der Waals surface area contributed by atoms with E-state index >= 15 is 0 Å². The Labute approximate surface area is 321 Å². The van der Waals surface area contributed by atoms with Crippen molar-refractivity contribution in [2.24, 2.45) is 39.4 Å². The molecule has 5 aliphatic carbocycles. The highest BCUT2D eigenvalue weighted by Gasteiger charge is 2.85. The number of nitrogens with one attached hydrogen (secondary N) is 2. The predicted octanol–water partition coefficient (Wildman–Crippen LogP) is 6.60. The van der Waals surface area contributed by atoms with Gasteiger partial charge >= 0.3 is 11.9 Å². The molecule has 2 heterocycles. The van der Waals surface area contributed by atoms with E-state index in [0.717, 1.165) is 37.7 Å². The van der Waals surface area contributed by atoms with Crippen LogP contribution in [0.5, 0.6) is 0 Å². The van der Waals surface area contributed by atoms with Gasteiger partial charge in [-0.15, -0.1) is 0 Å². The Morgan fingerprint density at radius 3 is 2.48 bits per heavy atom. The minimum atomic E-state index is -1.63. The summed E-state index contributed by atoms with van der Waals surface area (Å²) in [6, 6.07) is 10.7. The number of hydrazine groups is 1. The number of fused-ring (bicyclic) bond motifs is 3. The molecule has 0 amide bonds. The van der Waals surface area contributed by atoms with Gasteiger partial charge in [-0.3, -0.25) is 10.2 Å². The van der Waals surface area contributed by atoms with E-state index in [4.69, 9.17) is 9.47 Å². The van der Waals surface area contributed by atoms with Crippen LogP contribution in [0.15, 0.2) is 54.1 Å². The summed E-state index contributed by atoms with van der Waals surface area (Å²) < 4.78 is 11.9. The molecule has 5 fully saturated rings. The highest BCUT2D eigenvalue weighted by Crippen LogP contribution is 2.78. The average Bonchev–Trinajstić information content (AvgIpc) is 3.86. The molecule has 1 aromatic carbocycles. The molecule has 4 saturated carbocycles. The molecule has 8 rings (SSSR count). The summed E-state index contributed by atoms with van der Waals surface area (Å²) >= 11 is 0. The molecule has 1 aromatic rings. The van der Waals surface area contributed by atoms with Gasteiger partial charge in [0.2, 0.25) is 0 Å². The van der Waals surface area contributed by atoms with Crippen LogP contribution in [0.4, 0.5) is 0 Å². The lowest BCUT2D eigenvalue weighted by Crippen LogP contribution is -2.87. The first-order valence-corrected chi connectivity index (χ1v) is 21.1. The van der Waals surface area contributed by atoms with Crippen molar-refractivity contribution in [3.05, 3.63) is 59.7 Å². The van der Waals surface area contributed by atoms with Crippen LogP contribution in [0.25, 0.3) is 0 Å². The van der Waals surface area contributed by atoms with Gasteiger partial charge in [0.25, 0.3) is 0 Å². The summed E-state index contributed by atoms with van der Waals surface area (Å²) in [6.45, 7) is 8.19. The van der Waals surface area contributed by atoms with Gasteiger partial charge in [0.15, 0.2) is 5.72 Å². The van der Waals surface area contributed by atoms with Crippen LogP contribution in [-0.2, 0) is 25.5 Å². The Hall–Kier alpha value is -2.56. The van der Waals surface area contributed by atoms with Gasteiger partial charge in [-0.05, 0) is 111 Å². The molecule has 1 unspecified atom stereocenters. The van der Waals surface area contributed by atoms with E-state index in [2.05, 4.69) is 49.0 Å². The summed E-state index contributed by atoms with van der Waals surface area (Å²) in [5, 5.41) is 40.7. The first-order valence-electron chi connectivity index (χ1n) is 21.1. The van der Waals surface area contributed by atoms with Gasteiger partial charge in [-0.25, -0.2) is 10.2 Å². The fourth-order valence-corrected chi connectivity index (χ4v) is 14.1. The summed E-state index contributed by atoms with van der Waals surface area (Å²) in [4.78, 5) is 25.6. The first kappa shape index (κ1) is 38.3. The Morgan fingerprint density at radius 2 is 1.78 bits per heavy atom. The molecule has 296 valence electrons. The molecule has 5 N–H and O–H groups in total. The number of rotatable bonds is 11. The third kappa shape index (κ3) is 5.72. The van der Waals surface area contributed by atoms with E-state index in [1.165, 1.54) is 44.2 Å². The number of hydrogen-bond acceptors (Lipinski definition) is 9. The Kier molecular flexibility index (Phi) is 9.61. The molecule has 2 spiro atoms. The number of aliphatic hydroxyl groups excluding tert-OH is 1. The van der Waals surface area contributed by atoms with Crippen LogP contribution in [0.3, 0.4) is 0 Å². The van der Waals surface area contributed by atoms with E-state index in [-0.39, 0.29) is 42.8 Å². The maximum Gasteiger partial charge on any atom is 0.331 e. The van der Waals surface area contributed by atoms with Crippen molar-refractivity contribution in [2.45, 2.75) is 160 Å². The maximum atomic E-state index is 14.0. The average molecular weight is 745 g/mol. The second-order valence-corrected chi connectivity index (χ2v) is 19.6. The number of ether oxygens (including phenoxy) is 2. The molecule has 2 aliphatic heterocycles. The number of cyclic esters (lactones) is 1. The van der Waals surface area contributed by atoms with Crippen LogP contribution < -0.4 is 10.9 Å². The van der Waals surface area contributed by atoms with Gasteiger partial charge in [0.1, 0.15) is 6.61 Å². The summed E-state index contributed by atoms with van der Waals surface area (Å²) in [7, 11) is 0. The Bertz CT molecular complexity index is 1670. The van der Waals surface area contributed by atoms with E-state index in [1.807, 2.05) is 25.1 Å². The fourth-order valence-electron chi connectivity index (χ4n) is 14.1. The molecule has 7 aliphatic rings. The summed E-state index contributed by atoms with van der Waals surface area (Å²) in [5.41, 5.74) is 2.18. The van der Waals surface area contributed by atoms with Gasteiger partial charge in [-0.2, -0.15) is 0 Å². The number of benzene rings is 1. The molecule has 0 radical (unpaired) electrons. The topological polar surface area (TPSA) is 137 Å². The Morgan fingerprint density at radius 1 is 1.02 bits per heavy atom. The summed E-state index contributed by atoms with van der Waals surface area (Å²) in [5.74, 6) is -0.978. The molecular formula is C45H64N2O7. The third-order valence-corrected chi connectivity index (χ3v) is 16.4. The van der Waals surface area contributed by atoms with E-state index in [0.29, 0.717) is 38.0 Å². The monoisotopic (exact) mass is 744 g/mol. The number of esters is 2. The molecular weight excluding hydrogens is 681 g/mol. The van der Waals surface area contributed by atoms with E-state index < -0.39 is 51.2 Å². The van der Waals surface area contributed by atoms with Crippen molar-refractivity contribution in [2.75, 3.05) is 6.61 Å². The number of carbonyl (C=O) groups is 2. The molecule has 11 atom stereocenters. The zero-order valence-electron chi connectivity index (χ0n) is 33.0. The smallest absolute Gasteiger partial charge is 0.331 e. The van der Waals surface area contributed by atoms with Crippen LogP contribution in [0.1, 0.15) is 130 Å². The number of aliphatic hydroxyl groups is 3. The zero-order valence-corrected chi connectivity index (χ0v) is 33.0. The highest BCUT2D eigenvalue weighted by molar-refractivity contribution is 5.85. The van der Waals surface area contributed by atoms with Crippen molar-refractivity contribution < 1.29 is 34.4 Å². The maximum absolute atomic E-state index is 14.0. The van der Waals surface area contributed by atoms with Crippen LogP contribution in [0, 0.1) is 39.4 Å². The number of carbonyl (C=O) groups excluding carboxylic acids is 2. The molecule has 9 nitrogen and oxygen atoms in total. The first-order chi connectivity index (χ1) is 25.6. The largest absolute Gasteiger partial charge is 0.458 e. The van der Waals surface area contributed by atoms with Gasteiger partial charge < -0.3 is 24.8 Å². The zero-order chi connectivity index (χ0) is 38.2. The van der Waals surface area contributed by atoms with E-state index in [1.54, 1.807) is 0 Å². The quantitative estimate of drug-likeness (QED) is 0.125. The van der Waals surface area contributed by atoms with Crippen molar-refractivity contribution >= 4 is 11.9 Å². The second kappa shape index (κ2) is 13.5. The Balaban J connectivity index is 1.24. The number of hydrogen-bond donors (Lipinski definition) is 5. The lowest BCUT2D eigenvalue weighted by Gasteiger charge is -2.77. The van der Waals surface area contributed by atoms with Crippen molar-refractivity contribution in [3.63, 3.8) is 0 Å². The summed E-state index contributed by atoms with van der Waals surface area (Å²) in [6.07, 6.45) is 17.3. The molecule has 1 saturated heterocycles. The minimum Gasteiger partial charge on any atom is -0.458 e. The van der Waals surface area contributed by atoms with Crippen molar-refractivity contribution in [3.8, 4) is 0 Å². The van der Waals surface area contributed by atoms with Gasteiger partial charge in [0.05, 0.1) is 22.7 Å². The minimum absolute atomic E-state index is 0.122. The predicted molar refractivity (Wildman–Crippen MR) is 205 cm³/mol. The van der Waals surface area contributed by atoms with Gasteiger partial charge in [0, 0.05) is 36.8 Å². The highest BCUT2D eigenvalue weighted by atomic mass is 16.6. The lowest BCUT2D eigenvalue weighted by molar-refractivity contribution is -0.383. The van der Waals surface area contributed by atoms with Crippen molar-refractivity contribution in [1.29, 1.82) is 0 Å². The lowest BCUT2D eigenvalue weighted by atomic mass is 9.30. The van der Waals surface area contributed by atoms with Crippen LogP contribution >= 0.6 is 0 Å². The molecule has 0 aromatic heterocycles. The standard InChI is InChI=1S/C45H64N2O7/c1-30(11-10-14-32-12-6-5-7-13-32)15-21-42(51)24-23-39(3)29-43(54-31(2)48)38-40(4,34-26-41(18-8-9-19-41)27-35(34)46-47-43)20-17-36(49)45(38,42)44(39,52)22-16-33-25-37(50)53-28-33/h5-7,12-13,23-25,30,34-36,38,46-47,49,51-52H,8-11,14-22,26-29H2,1-4H3/t30-,34-,35-,36-,38?,39-,40+,42-,43+,44-,45+/m1/s1. The molecule has 9 heteroatoms. The normalized spacial score (nSPS) is 43.5. The SMILES string of the molecule is CC(=O)O[C@@]12C[C@@]3(C)C=C[C@](O)(CC[C@H](C)CCCc4ccccc4)[C@]4(C1[C@@](C)(CC[C@H]4O)[C@@H]1CC4(CCCC4)C[C@H]1NN2)[C@@]3(O)CCC1=CC(=O)OC1. The van der Waals surface area contributed by atoms with Crippen LogP contribution in [-0.4, -0.2) is 62.9 Å². The van der Waals surface area contributed by atoms with Gasteiger partial charge in [-0.1, -0.05) is 82.5 Å². The van der Waals surface area contributed by atoms with Crippen molar-refractivity contribution in [1.82, 2.24) is 10.9 Å². The third-order valence-electron chi connectivity index (χ3n) is 16.4. The van der Waals surface area contributed by atoms with E-state index in [9.17, 15) is 24.9 Å². The fraction of sp³-hybridized carbons (Fsp3) is 0.733. The molecule has 54 heavy (non-hydrogen) atoms.